The Balaban J connectivity index is 0.000000187. The normalized spacial score (nSPS) is 11.9. The van der Waals surface area contributed by atoms with E-state index in [0.717, 1.165) is 16.9 Å². The zero-order chi connectivity index (χ0) is 13.4. The standard InChI is InChI=1S/C8H18.C7H6N2O/c1-4-6-7-8(3)5-2;8-7-5-3-1-2-4-6(5)10-9-7/h8H,4-7H2,1-3H3;1-4H,(H2,8,9). The Kier molecular flexibility index (Phi) is 6.26. The summed E-state index contributed by atoms with van der Waals surface area (Å²) in [6.07, 6.45) is 5.53. The Morgan fingerprint density at radius 3 is 2.61 bits per heavy atom. The van der Waals surface area contributed by atoms with E-state index in [-0.39, 0.29) is 0 Å². The summed E-state index contributed by atoms with van der Waals surface area (Å²) in [5.74, 6) is 1.41. The van der Waals surface area contributed by atoms with Crippen LogP contribution in [0.4, 0.5) is 5.82 Å². The van der Waals surface area contributed by atoms with Gasteiger partial charge in [0.15, 0.2) is 11.4 Å². The molecule has 0 bridgehead atoms. The van der Waals surface area contributed by atoms with Crippen LogP contribution in [0.5, 0.6) is 0 Å². The second-order valence-corrected chi connectivity index (χ2v) is 4.72. The molecule has 1 aromatic carbocycles. The van der Waals surface area contributed by atoms with Gasteiger partial charge in [-0.1, -0.05) is 63.7 Å². The van der Waals surface area contributed by atoms with E-state index in [4.69, 9.17) is 10.3 Å². The fourth-order valence-electron chi connectivity index (χ4n) is 1.66. The molecular formula is C15H24N2O. The van der Waals surface area contributed by atoms with Gasteiger partial charge >= 0.3 is 0 Å². The predicted octanol–water partition coefficient (Wildman–Crippen LogP) is 4.63. The first kappa shape index (κ1) is 14.6. The molecule has 1 unspecified atom stereocenters. The van der Waals surface area contributed by atoms with Crippen molar-refractivity contribution in [1.29, 1.82) is 0 Å². The van der Waals surface area contributed by atoms with Crippen LogP contribution in [0.25, 0.3) is 11.0 Å². The van der Waals surface area contributed by atoms with Crippen molar-refractivity contribution < 1.29 is 4.52 Å². The Hall–Kier alpha value is -1.51. The lowest BCUT2D eigenvalue weighted by atomic mass is 10.0. The molecule has 100 valence electrons. The zero-order valence-electron chi connectivity index (χ0n) is 11.6. The van der Waals surface area contributed by atoms with Crippen LogP contribution < -0.4 is 5.73 Å². The average molecular weight is 248 g/mol. The molecular weight excluding hydrogens is 224 g/mol. The largest absolute Gasteiger partial charge is 0.380 e. The van der Waals surface area contributed by atoms with Crippen LogP contribution in [-0.4, -0.2) is 5.16 Å². The topological polar surface area (TPSA) is 52.0 Å². The van der Waals surface area contributed by atoms with Crippen molar-refractivity contribution in [3.05, 3.63) is 24.3 Å². The third kappa shape index (κ3) is 4.40. The molecule has 0 radical (unpaired) electrons. The van der Waals surface area contributed by atoms with Gasteiger partial charge in [-0.25, -0.2) is 0 Å². The van der Waals surface area contributed by atoms with Crippen LogP contribution in [0, 0.1) is 5.92 Å². The van der Waals surface area contributed by atoms with E-state index >= 15 is 0 Å². The fraction of sp³-hybridized carbons (Fsp3) is 0.533. The Labute approximate surface area is 109 Å². The molecule has 3 heteroatoms. The summed E-state index contributed by atoms with van der Waals surface area (Å²) in [6, 6.07) is 7.49. The molecule has 0 aliphatic heterocycles. The van der Waals surface area contributed by atoms with Gasteiger partial charge in [0, 0.05) is 0 Å². The van der Waals surface area contributed by atoms with Crippen LogP contribution in [-0.2, 0) is 0 Å². The number of hydrogen-bond donors (Lipinski definition) is 1. The molecule has 0 saturated heterocycles. The van der Waals surface area contributed by atoms with E-state index in [0.29, 0.717) is 5.82 Å². The van der Waals surface area contributed by atoms with Gasteiger partial charge in [-0.2, -0.15) is 0 Å². The molecule has 1 aromatic heterocycles. The maximum atomic E-state index is 5.47. The third-order valence-electron chi connectivity index (χ3n) is 3.15. The molecule has 2 aromatic rings. The highest BCUT2D eigenvalue weighted by molar-refractivity contribution is 5.86. The molecule has 0 fully saturated rings. The smallest absolute Gasteiger partial charge is 0.174 e. The maximum absolute atomic E-state index is 5.47. The van der Waals surface area contributed by atoms with E-state index in [9.17, 15) is 0 Å². The minimum atomic E-state index is 0.454. The number of nitrogens with two attached hydrogens (primary N) is 1. The van der Waals surface area contributed by atoms with Gasteiger partial charge in [0.1, 0.15) is 0 Å². The Bertz CT molecular complexity index is 450. The highest BCUT2D eigenvalue weighted by Crippen LogP contribution is 2.18. The molecule has 0 aliphatic carbocycles. The van der Waals surface area contributed by atoms with Gasteiger partial charge in [-0.05, 0) is 18.1 Å². The van der Waals surface area contributed by atoms with Crippen LogP contribution in [0.15, 0.2) is 28.8 Å². The van der Waals surface area contributed by atoms with Crippen molar-refractivity contribution in [2.75, 3.05) is 5.73 Å². The summed E-state index contributed by atoms with van der Waals surface area (Å²) in [5.41, 5.74) is 6.21. The molecule has 0 spiro atoms. The molecule has 0 aliphatic rings. The minimum absolute atomic E-state index is 0.454. The summed E-state index contributed by atoms with van der Waals surface area (Å²) < 4.78 is 4.87. The monoisotopic (exact) mass is 248 g/mol. The summed E-state index contributed by atoms with van der Waals surface area (Å²) in [7, 11) is 0. The predicted molar refractivity (Wildman–Crippen MR) is 77.4 cm³/mol. The minimum Gasteiger partial charge on any atom is -0.380 e. The quantitative estimate of drug-likeness (QED) is 0.858. The van der Waals surface area contributed by atoms with E-state index in [2.05, 4.69) is 25.9 Å². The van der Waals surface area contributed by atoms with Crippen molar-refractivity contribution in [2.45, 2.75) is 46.5 Å². The molecule has 3 nitrogen and oxygen atoms in total. The molecule has 2 N–H and O–H groups in total. The number of para-hydroxylation sites is 1. The number of rotatable bonds is 4. The van der Waals surface area contributed by atoms with Gasteiger partial charge < -0.3 is 10.3 Å². The van der Waals surface area contributed by atoms with Crippen LogP contribution >= 0.6 is 0 Å². The number of nitrogens with zero attached hydrogens (tertiary/aromatic N) is 1. The first-order valence-electron chi connectivity index (χ1n) is 6.78. The summed E-state index contributed by atoms with van der Waals surface area (Å²) in [6.45, 7) is 6.85. The van der Waals surface area contributed by atoms with E-state index < -0.39 is 0 Å². The summed E-state index contributed by atoms with van der Waals surface area (Å²) in [4.78, 5) is 0. The highest BCUT2D eigenvalue weighted by atomic mass is 16.5. The van der Waals surface area contributed by atoms with Crippen molar-refractivity contribution in [1.82, 2.24) is 5.16 Å². The molecule has 18 heavy (non-hydrogen) atoms. The lowest BCUT2D eigenvalue weighted by Gasteiger charge is -2.04. The number of aromatic nitrogens is 1. The van der Waals surface area contributed by atoms with E-state index in [1.54, 1.807) is 0 Å². The Morgan fingerprint density at radius 1 is 1.28 bits per heavy atom. The van der Waals surface area contributed by atoms with Gasteiger partial charge in [0.25, 0.3) is 0 Å². The van der Waals surface area contributed by atoms with E-state index in [1.807, 2.05) is 24.3 Å². The molecule has 1 atom stereocenters. The SMILES string of the molecule is CCCCC(C)CC.Nc1noc2ccccc12. The zero-order valence-corrected chi connectivity index (χ0v) is 11.6. The van der Waals surface area contributed by atoms with Gasteiger partial charge in [-0.3, -0.25) is 0 Å². The number of anilines is 1. The first-order valence-corrected chi connectivity index (χ1v) is 6.78. The highest BCUT2D eigenvalue weighted by Gasteiger charge is 2.00. The third-order valence-corrected chi connectivity index (χ3v) is 3.15. The Morgan fingerprint density at radius 2 is 2.00 bits per heavy atom. The fourth-order valence-corrected chi connectivity index (χ4v) is 1.66. The number of nitrogen functional groups attached to an aromatic ring is 1. The second-order valence-electron chi connectivity index (χ2n) is 4.72. The van der Waals surface area contributed by atoms with Gasteiger partial charge in [-0.15, -0.1) is 0 Å². The van der Waals surface area contributed by atoms with Crippen LogP contribution in [0.3, 0.4) is 0 Å². The van der Waals surface area contributed by atoms with Crippen molar-refractivity contribution in [3.8, 4) is 0 Å². The number of benzene rings is 1. The van der Waals surface area contributed by atoms with Crippen LogP contribution in [0.1, 0.15) is 46.5 Å². The maximum Gasteiger partial charge on any atom is 0.174 e. The summed E-state index contributed by atoms with van der Waals surface area (Å²) >= 11 is 0. The van der Waals surface area contributed by atoms with Crippen LogP contribution in [0.2, 0.25) is 0 Å². The molecule has 1 heterocycles. The molecule has 0 saturated carbocycles. The lowest BCUT2D eigenvalue weighted by molar-refractivity contribution is 0.460. The molecule has 0 amide bonds. The molecule has 2 rings (SSSR count). The first-order chi connectivity index (χ1) is 8.69. The van der Waals surface area contributed by atoms with Gasteiger partial charge in [0.05, 0.1) is 5.39 Å². The second kappa shape index (κ2) is 7.75. The summed E-state index contributed by atoms with van der Waals surface area (Å²) in [5, 5.41) is 4.48. The number of hydrogen-bond acceptors (Lipinski definition) is 3. The van der Waals surface area contributed by atoms with Crippen molar-refractivity contribution in [3.63, 3.8) is 0 Å². The van der Waals surface area contributed by atoms with Crippen molar-refractivity contribution >= 4 is 16.8 Å². The average Bonchev–Trinajstić information content (AvgIpc) is 2.79. The lowest BCUT2D eigenvalue weighted by Crippen LogP contribution is -1.89. The van der Waals surface area contributed by atoms with Crippen molar-refractivity contribution in [2.24, 2.45) is 5.92 Å². The number of unbranched alkanes of at least 4 members (excludes halogenated alkanes) is 1. The van der Waals surface area contributed by atoms with E-state index in [1.165, 1.54) is 25.7 Å². The number of fused-ring (bicyclic) bond motifs is 1. The van der Waals surface area contributed by atoms with Gasteiger partial charge in [0.2, 0.25) is 0 Å².